The predicted molar refractivity (Wildman–Crippen MR) is 33.1 cm³/mol. The quantitative estimate of drug-likeness (QED) is 0.533. The molecule has 0 bridgehead atoms. The van der Waals surface area contributed by atoms with E-state index in [1.54, 1.807) is 6.33 Å². The van der Waals surface area contributed by atoms with E-state index < -0.39 is 0 Å². The summed E-state index contributed by atoms with van der Waals surface area (Å²) in [6.45, 7) is 2.03. The molecule has 1 aliphatic heterocycles. The highest BCUT2D eigenvalue weighted by atomic mass is 15.4. The van der Waals surface area contributed by atoms with Crippen molar-refractivity contribution in [3.05, 3.63) is 6.33 Å². The minimum Gasteiger partial charge on any atom is -0.354 e. The maximum atomic E-state index is 4.00. The smallest absolute Gasteiger partial charge is 0.221 e. The first kappa shape index (κ1) is 4.78. The average molecular weight is 124 g/mol. The number of aromatic nitrogens is 3. The monoisotopic (exact) mass is 124 g/mol. The van der Waals surface area contributed by atoms with E-state index in [4.69, 9.17) is 0 Å². The molecule has 1 N–H and O–H groups in total. The Kier molecular flexibility index (Phi) is 0.913. The Morgan fingerprint density at radius 1 is 1.67 bits per heavy atom. The molecule has 0 radical (unpaired) electrons. The molecule has 0 aliphatic carbocycles. The van der Waals surface area contributed by atoms with E-state index in [2.05, 4.69) is 15.4 Å². The Hall–Kier alpha value is -1.06. The van der Waals surface area contributed by atoms with Crippen molar-refractivity contribution >= 4 is 5.95 Å². The van der Waals surface area contributed by atoms with Crippen molar-refractivity contribution in [3.63, 3.8) is 0 Å². The lowest BCUT2D eigenvalue weighted by Crippen LogP contribution is -2.17. The fourth-order valence-corrected chi connectivity index (χ4v) is 0.994. The second-order valence-corrected chi connectivity index (χ2v) is 2.09. The second kappa shape index (κ2) is 1.72. The number of rotatable bonds is 0. The number of nitrogens with one attached hydrogen (secondary N) is 1. The van der Waals surface area contributed by atoms with Crippen LogP contribution in [0.15, 0.2) is 6.33 Å². The van der Waals surface area contributed by atoms with Gasteiger partial charge in [0.1, 0.15) is 6.33 Å². The van der Waals surface area contributed by atoms with Crippen LogP contribution in [0.4, 0.5) is 5.95 Å². The maximum Gasteiger partial charge on any atom is 0.221 e. The molecule has 0 atom stereocenters. The highest BCUT2D eigenvalue weighted by Crippen LogP contribution is 2.06. The lowest BCUT2D eigenvalue weighted by molar-refractivity contribution is 0.565. The van der Waals surface area contributed by atoms with Crippen LogP contribution in [0.2, 0.25) is 0 Å². The minimum atomic E-state index is 0.904. The highest BCUT2D eigenvalue weighted by Gasteiger charge is 2.06. The molecule has 0 saturated carbocycles. The van der Waals surface area contributed by atoms with Crippen LogP contribution in [0.25, 0.3) is 0 Å². The topological polar surface area (TPSA) is 42.7 Å². The highest BCUT2D eigenvalue weighted by molar-refractivity contribution is 5.24. The van der Waals surface area contributed by atoms with Gasteiger partial charge in [-0.1, -0.05) is 0 Å². The van der Waals surface area contributed by atoms with Gasteiger partial charge in [-0.25, -0.2) is 4.68 Å². The van der Waals surface area contributed by atoms with Gasteiger partial charge >= 0.3 is 0 Å². The van der Waals surface area contributed by atoms with E-state index in [1.165, 1.54) is 0 Å². The fraction of sp³-hybridized carbons (Fsp3) is 0.600. The van der Waals surface area contributed by atoms with Crippen molar-refractivity contribution in [1.29, 1.82) is 0 Å². The van der Waals surface area contributed by atoms with Gasteiger partial charge in [-0.05, 0) is 6.42 Å². The van der Waals surface area contributed by atoms with Gasteiger partial charge in [0.2, 0.25) is 5.95 Å². The summed E-state index contributed by atoms with van der Waals surface area (Å²) in [5.74, 6) is 0.904. The number of aryl methyl sites for hydroxylation is 1. The Balaban J connectivity index is 2.39. The summed E-state index contributed by atoms with van der Waals surface area (Å²) in [5, 5.41) is 7.13. The molecule has 2 heterocycles. The van der Waals surface area contributed by atoms with Crippen molar-refractivity contribution in [1.82, 2.24) is 14.8 Å². The summed E-state index contributed by atoms with van der Waals surface area (Å²) in [6.07, 6.45) is 2.73. The Morgan fingerprint density at radius 3 is 3.56 bits per heavy atom. The molecule has 9 heavy (non-hydrogen) atoms. The molecule has 4 heteroatoms. The van der Waals surface area contributed by atoms with E-state index >= 15 is 0 Å². The van der Waals surface area contributed by atoms with E-state index in [0.29, 0.717) is 0 Å². The lowest BCUT2D eigenvalue weighted by atomic mass is 10.4. The van der Waals surface area contributed by atoms with Crippen molar-refractivity contribution in [3.8, 4) is 0 Å². The molecule has 0 fully saturated rings. The molecule has 48 valence electrons. The molecule has 0 amide bonds. The van der Waals surface area contributed by atoms with Crippen LogP contribution >= 0.6 is 0 Å². The normalized spacial score (nSPS) is 16.4. The van der Waals surface area contributed by atoms with Crippen LogP contribution in [-0.4, -0.2) is 21.3 Å². The third-order valence-electron chi connectivity index (χ3n) is 1.45. The molecule has 0 spiro atoms. The fourth-order valence-electron chi connectivity index (χ4n) is 0.994. The zero-order valence-electron chi connectivity index (χ0n) is 5.04. The zero-order chi connectivity index (χ0) is 6.10. The van der Waals surface area contributed by atoms with Gasteiger partial charge in [0, 0.05) is 13.1 Å². The molecule has 0 aromatic carbocycles. The molecule has 0 saturated heterocycles. The average Bonchev–Trinajstić information content (AvgIpc) is 2.33. The van der Waals surface area contributed by atoms with Crippen LogP contribution < -0.4 is 5.32 Å². The van der Waals surface area contributed by atoms with Crippen LogP contribution in [0.3, 0.4) is 0 Å². The van der Waals surface area contributed by atoms with Gasteiger partial charge < -0.3 is 5.32 Å². The van der Waals surface area contributed by atoms with Gasteiger partial charge in [0.05, 0.1) is 0 Å². The standard InChI is InChI=1S/C5H8N4/c1-2-6-5-7-4-8-9(5)3-1/h4H,1-3H2,(H,6,7,8). The maximum absolute atomic E-state index is 4.00. The van der Waals surface area contributed by atoms with E-state index in [1.807, 2.05) is 4.68 Å². The van der Waals surface area contributed by atoms with Crippen LogP contribution in [-0.2, 0) is 6.54 Å². The Morgan fingerprint density at radius 2 is 2.67 bits per heavy atom. The van der Waals surface area contributed by atoms with Gasteiger partial charge in [0.15, 0.2) is 0 Å². The predicted octanol–water partition coefficient (Wildman–Crippen LogP) is 0.0937. The SMILES string of the molecule is c1nc2n(n1)CCCN2. The number of anilines is 1. The molecule has 2 rings (SSSR count). The summed E-state index contributed by atoms with van der Waals surface area (Å²) in [4.78, 5) is 4.00. The summed E-state index contributed by atoms with van der Waals surface area (Å²) in [7, 11) is 0. The summed E-state index contributed by atoms with van der Waals surface area (Å²) in [6, 6.07) is 0. The first-order valence-corrected chi connectivity index (χ1v) is 3.08. The molecular weight excluding hydrogens is 116 g/mol. The van der Waals surface area contributed by atoms with Crippen molar-refractivity contribution in [2.45, 2.75) is 13.0 Å². The molecule has 1 aromatic rings. The van der Waals surface area contributed by atoms with Crippen LogP contribution in [0.5, 0.6) is 0 Å². The van der Waals surface area contributed by atoms with Crippen LogP contribution in [0.1, 0.15) is 6.42 Å². The van der Waals surface area contributed by atoms with Crippen molar-refractivity contribution in [2.75, 3.05) is 11.9 Å². The van der Waals surface area contributed by atoms with Gasteiger partial charge in [-0.15, -0.1) is 0 Å². The first-order valence-electron chi connectivity index (χ1n) is 3.08. The number of nitrogens with zero attached hydrogens (tertiary/aromatic N) is 3. The van der Waals surface area contributed by atoms with Crippen LogP contribution in [0, 0.1) is 0 Å². The number of hydrogen-bond acceptors (Lipinski definition) is 3. The first-order chi connectivity index (χ1) is 4.47. The van der Waals surface area contributed by atoms with Gasteiger partial charge in [-0.3, -0.25) is 0 Å². The Bertz CT molecular complexity index is 184. The third-order valence-corrected chi connectivity index (χ3v) is 1.45. The Labute approximate surface area is 52.9 Å². The van der Waals surface area contributed by atoms with Gasteiger partial charge in [0.25, 0.3) is 0 Å². The molecule has 1 aliphatic rings. The summed E-state index contributed by atoms with van der Waals surface area (Å²) in [5.41, 5.74) is 0. The molecule has 1 aromatic heterocycles. The zero-order valence-corrected chi connectivity index (χ0v) is 5.04. The largest absolute Gasteiger partial charge is 0.354 e. The van der Waals surface area contributed by atoms with Crippen molar-refractivity contribution in [2.24, 2.45) is 0 Å². The number of fused-ring (bicyclic) bond motifs is 1. The minimum absolute atomic E-state index is 0.904. The number of hydrogen-bond donors (Lipinski definition) is 1. The molecular formula is C5H8N4. The van der Waals surface area contributed by atoms with E-state index in [0.717, 1.165) is 25.5 Å². The van der Waals surface area contributed by atoms with Gasteiger partial charge in [-0.2, -0.15) is 10.1 Å². The van der Waals surface area contributed by atoms with E-state index in [-0.39, 0.29) is 0 Å². The summed E-state index contributed by atoms with van der Waals surface area (Å²) < 4.78 is 1.88. The molecule has 4 nitrogen and oxygen atoms in total. The second-order valence-electron chi connectivity index (χ2n) is 2.09. The molecule has 0 unspecified atom stereocenters. The summed E-state index contributed by atoms with van der Waals surface area (Å²) >= 11 is 0. The van der Waals surface area contributed by atoms with E-state index in [9.17, 15) is 0 Å². The van der Waals surface area contributed by atoms with Crippen molar-refractivity contribution < 1.29 is 0 Å². The third kappa shape index (κ3) is 0.667. The lowest BCUT2D eigenvalue weighted by Gasteiger charge is -2.12.